The number of thioether (sulfide) groups is 1. The van der Waals surface area contributed by atoms with Crippen molar-refractivity contribution in [2.45, 2.75) is 43.9 Å². The molecule has 0 radical (unpaired) electrons. The molecule has 20 heavy (non-hydrogen) atoms. The highest BCUT2D eigenvalue weighted by atomic mass is 32.2. The van der Waals surface area contributed by atoms with E-state index in [0.717, 1.165) is 18.4 Å². The van der Waals surface area contributed by atoms with Crippen LogP contribution >= 0.6 is 11.8 Å². The molecule has 4 heteroatoms. The Morgan fingerprint density at radius 1 is 1.30 bits per heavy atom. The number of nitrogens with two attached hydrogens (primary N) is 1. The molecule has 1 aromatic carbocycles. The Hall–Kier alpha value is -1.00. The van der Waals surface area contributed by atoms with Crippen LogP contribution in [0.15, 0.2) is 30.3 Å². The Morgan fingerprint density at radius 2 is 1.90 bits per heavy atom. The molecular formula is C16H26N2OS. The average Bonchev–Trinajstić information content (AvgIpc) is 2.50. The number of carbonyl (C=O) groups is 1. The summed E-state index contributed by atoms with van der Waals surface area (Å²) in [6, 6.07) is 9.41. The molecule has 1 aromatic rings. The first-order valence-electron chi connectivity index (χ1n) is 7.19. The molecular weight excluding hydrogens is 268 g/mol. The highest BCUT2D eigenvalue weighted by Crippen LogP contribution is 2.29. The standard InChI is InChI=1S/C16H26N2OS/c1-4-16(5-2,20-3)12-18-15(19)14(17)11-13-9-7-6-8-10-13/h6-10,14H,4-5,11-12,17H2,1-3H3,(H,18,19)/t14-/m1/s1. The highest BCUT2D eigenvalue weighted by Gasteiger charge is 2.26. The van der Waals surface area contributed by atoms with Crippen LogP contribution in [0.1, 0.15) is 32.3 Å². The lowest BCUT2D eigenvalue weighted by atomic mass is 10.0. The summed E-state index contributed by atoms with van der Waals surface area (Å²) in [7, 11) is 0. The molecule has 0 fully saturated rings. The van der Waals surface area contributed by atoms with E-state index in [1.807, 2.05) is 42.1 Å². The lowest BCUT2D eigenvalue weighted by Crippen LogP contribution is -2.47. The number of amides is 1. The van der Waals surface area contributed by atoms with Gasteiger partial charge < -0.3 is 11.1 Å². The van der Waals surface area contributed by atoms with E-state index in [9.17, 15) is 4.79 Å². The summed E-state index contributed by atoms with van der Waals surface area (Å²) in [4.78, 5) is 12.1. The first-order valence-corrected chi connectivity index (χ1v) is 8.41. The monoisotopic (exact) mass is 294 g/mol. The molecule has 3 N–H and O–H groups in total. The van der Waals surface area contributed by atoms with Gasteiger partial charge in [0.25, 0.3) is 0 Å². The molecule has 1 atom stereocenters. The smallest absolute Gasteiger partial charge is 0.237 e. The first-order chi connectivity index (χ1) is 9.56. The van der Waals surface area contributed by atoms with Crippen LogP contribution in [0.2, 0.25) is 0 Å². The van der Waals surface area contributed by atoms with Gasteiger partial charge >= 0.3 is 0 Å². The molecule has 3 nitrogen and oxygen atoms in total. The SMILES string of the molecule is CCC(CC)(CNC(=O)[C@H](N)Cc1ccccc1)SC. The van der Waals surface area contributed by atoms with Crippen LogP contribution in [-0.2, 0) is 11.2 Å². The fourth-order valence-corrected chi connectivity index (χ4v) is 2.99. The largest absolute Gasteiger partial charge is 0.353 e. The van der Waals surface area contributed by atoms with Crippen LogP contribution in [0.3, 0.4) is 0 Å². The van der Waals surface area contributed by atoms with E-state index in [-0.39, 0.29) is 10.7 Å². The third-order valence-corrected chi connectivity index (χ3v) is 5.53. The zero-order chi connectivity index (χ0) is 15.0. The van der Waals surface area contributed by atoms with Crippen molar-refractivity contribution in [1.82, 2.24) is 5.32 Å². The Morgan fingerprint density at radius 3 is 2.40 bits per heavy atom. The van der Waals surface area contributed by atoms with Crippen LogP contribution in [0, 0.1) is 0 Å². The molecule has 1 amide bonds. The molecule has 0 saturated heterocycles. The minimum atomic E-state index is -0.481. The quantitative estimate of drug-likeness (QED) is 0.775. The van der Waals surface area contributed by atoms with Gasteiger partial charge in [-0.1, -0.05) is 44.2 Å². The van der Waals surface area contributed by atoms with E-state index in [4.69, 9.17) is 5.73 Å². The van der Waals surface area contributed by atoms with Gasteiger partial charge in [0, 0.05) is 11.3 Å². The van der Waals surface area contributed by atoms with Crippen LogP contribution in [0.25, 0.3) is 0 Å². The van der Waals surface area contributed by atoms with Crippen molar-refractivity contribution in [3.63, 3.8) is 0 Å². The molecule has 0 heterocycles. The van der Waals surface area contributed by atoms with E-state index in [1.54, 1.807) is 0 Å². The summed E-state index contributed by atoms with van der Waals surface area (Å²) in [6.07, 6.45) is 4.76. The van der Waals surface area contributed by atoms with Gasteiger partial charge in [-0.3, -0.25) is 4.79 Å². The fraction of sp³-hybridized carbons (Fsp3) is 0.562. The summed E-state index contributed by atoms with van der Waals surface area (Å²) in [5.41, 5.74) is 7.08. The number of benzene rings is 1. The fourth-order valence-electron chi connectivity index (χ4n) is 2.20. The predicted octanol–water partition coefficient (Wildman–Crippen LogP) is 2.59. The maximum absolute atomic E-state index is 12.1. The lowest BCUT2D eigenvalue weighted by molar-refractivity contribution is -0.122. The summed E-state index contributed by atoms with van der Waals surface area (Å²) in [5.74, 6) is -0.0609. The van der Waals surface area contributed by atoms with Crippen LogP contribution in [0.5, 0.6) is 0 Å². The Kier molecular flexibility index (Phi) is 7.10. The second-order valence-corrected chi connectivity index (χ2v) is 6.38. The van der Waals surface area contributed by atoms with E-state index in [1.165, 1.54) is 0 Å². The van der Waals surface area contributed by atoms with Crippen molar-refractivity contribution in [2.24, 2.45) is 5.73 Å². The molecule has 0 spiro atoms. The van der Waals surface area contributed by atoms with Gasteiger partial charge in [0.15, 0.2) is 0 Å². The lowest BCUT2D eigenvalue weighted by Gasteiger charge is -2.30. The minimum absolute atomic E-state index is 0.0609. The Bertz CT molecular complexity index is 396. The molecule has 0 saturated carbocycles. The first kappa shape index (κ1) is 17.1. The normalized spacial score (nSPS) is 13.0. The molecule has 1 rings (SSSR count). The number of hydrogen-bond acceptors (Lipinski definition) is 3. The van der Waals surface area contributed by atoms with Crippen LogP contribution < -0.4 is 11.1 Å². The van der Waals surface area contributed by atoms with Gasteiger partial charge in [0.05, 0.1) is 6.04 Å². The number of carbonyl (C=O) groups excluding carboxylic acids is 1. The topological polar surface area (TPSA) is 55.1 Å². The summed E-state index contributed by atoms with van der Waals surface area (Å²) in [6.45, 7) is 5.01. The second-order valence-electron chi connectivity index (χ2n) is 5.11. The van der Waals surface area contributed by atoms with Crippen molar-refractivity contribution in [2.75, 3.05) is 12.8 Å². The Balaban J connectivity index is 2.50. The molecule has 0 aliphatic carbocycles. The van der Waals surface area contributed by atoms with E-state index < -0.39 is 6.04 Å². The van der Waals surface area contributed by atoms with E-state index in [2.05, 4.69) is 25.4 Å². The zero-order valence-corrected chi connectivity index (χ0v) is 13.5. The molecule has 0 aromatic heterocycles. The van der Waals surface area contributed by atoms with E-state index in [0.29, 0.717) is 13.0 Å². The number of hydrogen-bond donors (Lipinski definition) is 2. The van der Waals surface area contributed by atoms with Gasteiger partial charge in [0.1, 0.15) is 0 Å². The third kappa shape index (κ3) is 4.84. The van der Waals surface area contributed by atoms with Crippen molar-refractivity contribution < 1.29 is 4.79 Å². The summed E-state index contributed by atoms with van der Waals surface area (Å²) >= 11 is 1.82. The maximum atomic E-state index is 12.1. The van der Waals surface area contributed by atoms with Crippen molar-refractivity contribution in [3.8, 4) is 0 Å². The van der Waals surface area contributed by atoms with E-state index >= 15 is 0 Å². The Labute approximate surface area is 126 Å². The summed E-state index contributed by atoms with van der Waals surface area (Å²) in [5, 5.41) is 3.01. The average molecular weight is 294 g/mol. The van der Waals surface area contributed by atoms with Crippen molar-refractivity contribution in [1.29, 1.82) is 0 Å². The van der Waals surface area contributed by atoms with Crippen molar-refractivity contribution in [3.05, 3.63) is 35.9 Å². The second kappa shape index (κ2) is 8.32. The van der Waals surface area contributed by atoms with Gasteiger partial charge in [-0.05, 0) is 31.1 Å². The van der Waals surface area contributed by atoms with Gasteiger partial charge in [-0.25, -0.2) is 0 Å². The van der Waals surface area contributed by atoms with Gasteiger partial charge in [0.2, 0.25) is 5.91 Å². The highest BCUT2D eigenvalue weighted by molar-refractivity contribution is 8.00. The number of rotatable bonds is 8. The summed E-state index contributed by atoms with van der Waals surface area (Å²) < 4.78 is 0.127. The number of nitrogens with one attached hydrogen (secondary N) is 1. The van der Waals surface area contributed by atoms with Crippen LogP contribution in [-0.4, -0.2) is 29.5 Å². The predicted molar refractivity (Wildman–Crippen MR) is 88.0 cm³/mol. The molecule has 0 aliphatic rings. The minimum Gasteiger partial charge on any atom is -0.353 e. The van der Waals surface area contributed by atoms with Crippen LogP contribution in [0.4, 0.5) is 0 Å². The third-order valence-electron chi connectivity index (χ3n) is 3.94. The maximum Gasteiger partial charge on any atom is 0.237 e. The molecule has 112 valence electrons. The molecule has 0 unspecified atom stereocenters. The molecule has 0 bridgehead atoms. The zero-order valence-electron chi connectivity index (χ0n) is 12.7. The van der Waals surface area contributed by atoms with Crippen molar-refractivity contribution >= 4 is 17.7 Å². The molecule has 0 aliphatic heterocycles. The van der Waals surface area contributed by atoms with Gasteiger partial charge in [-0.2, -0.15) is 11.8 Å². The van der Waals surface area contributed by atoms with Gasteiger partial charge in [-0.15, -0.1) is 0 Å².